The largest absolute Gasteiger partial charge is 0.464 e. The number of aryl methyl sites for hydroxylation is 1. The molecule has 0 aliphatic rings. The second kappa shape index (κ2) is 6.07. The maximum Gasteiger partial charge on any atom is 0.338 e. The van der Waals surface area contributed by atoms with Crippen LogP contribution in [-0.4, -0.2) is 29.0 Å². The van der Waals surface area contributed by atoms with E-state index in [2.05, 4.69) is 0 Å². The highest BCUT2D eigenvalue weighted by Gasteiger charge is 2.31. The number of carbonyl (C=O) groups excluding carboxylic acids is 1. The molecule has 0 fully saturated rings. The molecule has 94 valence electrons. The molecule has 0 aliphatic carbocycles. The summed E-state index contributed by atoms with van der Waals surface area (Å²) in [6.07, 6.45) is 0. The van der Waals surface area contributed by atoms with Crippen LogP contribution in [0.5, 0.6) is 0 Å². The van der Waals surface area contributed by atoms with Crippen LogP contribution in [0.15, 0.2) is 29.2 Å². The van der Waals surface area contributed by atoms with E-state index in [1.807, 2.05) is 31.2 Å². The molecule has 0 amide bonds. The fraction of sp³-hybridized carbons (Fsp3) is 0.462. The van der Waals surface area contributed by atoms with Crippen LogP contribution < -0.4 is 0 Å². The summed E-state index contributed by atoms with van der Waals surface area (Å²) < 4.78 is 4.81. The Balaban J connectivity index is 2.54. The highest BCUT2D eigenvalue weighted by Crippen LogP contribution is 2.23. The van der Waals surface area contributed by atoms with Crippen molar-refractivity contribution in [1.82, 2.24) is 0 Å². The lowest BCUT2D eigenvalue weighted by atomic mass is 10.1. The Morgan fingerprint density at radius 3 is 2.53 bits per heavy atom. The lowest BCUT2D eigenvalue weighted by molar-refractivity contribution is -0.160. The average molecular weight is 254 g/mol. The molecule has 1 aromatic rings. The van der Waals surface area contributed by atoms with Crippen molar-refractivity contribution in [1.29, 1.82) is 0 Å². The molecule has 0 unspecified atom stereocenters. The number of rotatable bonds is 5. The van der Waals surface area contributed by atoms with E-state index < -0.39 is 11.6 Å². The minimum Gasteiger partial charge on any atom is -0.464 e. The van der Waals surface area contributed by atoms with Crippen LogP contribution in [-0.2, 0) is 9.53 Å². The molecule has 1 atom stereocenters. The third-order valence-electron chi connectivity index (χ3n) is 2.26. The Labute approximate surface area is 106 Å². The molecular weight excluding hydrogens is 236 g/mol. The van der Waals surface area contributed by atoms with Gasteiger partial charge in [-0.25, -0.2) is 4.79 Å². The molecule has 4 heteroatoms. The van der Waals surface area contributed by atoms with E-state index >= 15 is 0 Å². The van der Waals surface area contributed by atoms with E-state index in [0.29, 0.717) is 0 Å². The van der Waals surface area contributed by atoms with Gasteiger partial charge in [0.05, 0.1) is 6.61 Å². The van der Waals surface area contributed by atoms with Gasteiger partial charge in [-0.1, -0.05) is 17.7 Å². The van der Waals surface area contributed by atoms with Gasteiger partial charge in [-0.05, 0) is 32.9 Å². The minimum absolute atomic E-state index is 0.282. The van der Waals surface area contributed by atoms with Crippen molar-refractivity contribution < 1.29 is 14.6 Å². The van der Waals surface area contributed by atoms with Gasteiger partial charge in [-0.15, -0.1) is 11.8 Å². The summed E-state index contributed by atoms with van der Waals surface area (Å²) in [5.74, 6) is -0.283. The van der Waals surface area contributed by atoms with Crippen molar-refractivity contribution >= 4 is 17.7 Å². The Morgan fingerprint density at radius 2 is 2.00 bits per heavy atom. The van der Waals surface area contributed by atoms with Crippen LogP contribution in [0.1, 0.15) is 19.4 Å². The molecule has 3 nitrogen and oxygen atoms in total. The fourth-order valence-electron chi connectivity index (χ4n) is 1.20. The van der Waals surface area contributed by atoms with Crippen molar-refractivity contribution in [3.05, 3.63) is 29.8 Å². The van der Waals surface area contributed by atoms with Crippen molar-refractivity contribution in [3.63, 3.8) is 0 Å². The normalized spacial score (nSPS) is 14.1. The third kappa shape index (κ3) is 4.40. The van der Waals surface area contributed by atoms with E-state index in [-0.39, 0.29) is 12.4 Å². The van der Waals surface area contributed by atoms with Crippen LogP contribution in [0.25, 0.3) is 0 Å². The van der Waals surface area contributed by atoms with Crippen LogP contribution in [0.3, 0.4) is 0 Å². The maximum atomic E-state index is 11.5. The van der Waals surface area contributed by atoms with E-state index in [1.54, 1.807) is 6.92 Å². The highest BCUT2D eigenvalue weighted by atomic mass is 32.2. The molecule has 0 spiro atoms. The molecule has 0 radical (unpaired) electrons. The Kier molecular flexibility index (Phi) is 5.02. The predicted octanol–water partition coefficient (Wildman–Crippen LogP) is 2.40. The summed E-state index contributed by atoms with van der Waals surface area (Å²) in [4.78, 5) is 12.5. The van der Waals surface area contributed by atoms with Crippen molar-refractivity contribution in [2.45, 2.75) is 31.3 Å². The number of esters is 1. The van der Waals surface area contributed by atoms with Crippen LogP contribution in [0.4, 0.5) is 0 Å². The van der Waals surface area contributed by atoms with Gasteiger partial charge in [0, 0.05) is 10.6 Å². The fourth-order valence-corrected chi connectivity index (χ4v) is 2.10. The van der Waals surface area contributed by atoms with Gasteiger partial charge in [0.15, 0.2) is 5.60 Å². The Bertz CT molecular complexity index is 371. The summed E-state index contributed by atoms with van der Waals surface area (Å²) in [5, 5.41) is 9.93. The zero-order chi connectivity index (χ0) is 12.9. The first-order valence-corrected chi connectivity index (χ1v) is 6.53. The smallest absolute Gasteiger partial charge is 0.338 e. The number of aliphatic hydroxyl groups is 1. The van der Waals surface area contributed by atoms with Crippen LogP contribution in [0, 0.1) is 6.92 Å². The molecule has 0 aromatic heterocycles. The second-order valence-electron chi connectivity index (χ2n) is 4.10. The first kappa shape index (κ1) is 14.1. The lowest BCUT2D eigenvalue weighted by Gasteiger charge is -2.20. The van der Waals surface area contributed by atoms with Crippen molar-refractivity contribution in [2.75, 3.05) is 12.4 Å². The van der Waals surface area contributed by atoms with Crippen LogP contribution >= 0.6 is 11.8 Å². The third-order valence-corrected chi connectivity index (χ3v) is 3.57. The maximum absolute atomic E-state index is 11.5. The molecule has 0 aliphatic heterocycles. The summed E-state index contributed by atoms with van der Waals surface area (Å²) in [7, 11) is 0. The zero-order valence-electron chi connectivity index (χ0n) is 10.4. The number of hydrogen-bond acceptors (Lipinski definition) is 4. The predicted molar refractivity (Wildman–Crippen MR) is 69.2 cm³/mol. The zero-order valence-corrected chi connectivity index (χ0v) is 11.2. The molecular formula is C13H18O3S. The monoisotopic (exact) mass is 254 g/mol. The standard InChI is InChI=1S/C13H18O3S/c1-4-16-12(14)13(3,15)9-17-11-7-5-10(2)6-8-11/h5-8,15H,4,9H2,1-3H3/t13-/m1/s1. The van der Waals surface area contributed by atoms with Gasteiger partial charge in [-0.3, -0.25) is 0 Å². The molecule has 1 N–H and O–H groups in total. The molecule has 17 heavy (non-hydrogen) atoms. The quantitative estimate of drug-likeness (QED) is 0.647. The van der Waals surface area contributed by atoms with Crippen LogP contribution in [0.2, 0.25) is 0 Å². The van der Waals surface area contributed by atoms with Gasteiger partial charge in [0.1, 0.15) is 0 Å². The Morgan fingerprint density at radius 1 is 1.41 bits per heavy atom. The SMILES string of the molecule is CCOC(=O)[C@](C)(O)CSc1ccc(C)cc1. The first-order chi connectivity index (χ1) is 7.95. The first-order valence-electron chi connectivity index (χ1n) is 5.55. The topological polar surface area (TPSA) is 46.5 Å². The molecule has 1 rings (SSSR count). The van der Waals surface area contributed by atoms with Gasteiger partial charge < -0.3 is 9.84 Å². The van der Waals surface area contributed by atoms with E-state index in [1.165, 1.54) is 24.2 Å². The average Bonchev–Trinajstić information content (AvgIpc) is 2.29. The van der Waals surface area contributed by atoms with Crippen molar-refractivity contribution in [2.24, 2.45) is 0 Å². The molecule has 1 aromatic carbocycles. The lowest BCUT2D eigenvalue weighted by Crippen LogP contribution is -2.39. The van der Waals surface area contributed by atoms with Gasteiger partial charge in [0.2, 0.25) is 0 Å². The second-order valence-corrected chi connectivity index (χ2v) is 5.14. The number of ether oxygens (including phenoxy) is 1. The molecule has 0 bridgehead atoms. The Hall–Kier alpha value is -1.00. The van der Waals surface area contributed by atoms with Gasteiger partial charge in [-0.2, -0.15) is 0 Å². The van der Waals surface area contributed by atoms with E-state index in [4.69, 9.17) is 4.74 Å². The number of carbonyl (C=O) groups is 1. The molecule has 0 saturated carbocycles. The van der Waals surface area contributed by atoms with Gasteiger partial charge in [0.25, 0.3) is 0 Å². The number of hydrogen-bond donors (Lipinski definition) is 1. The number of benzene rings is 1. The summed E-state index contributed by atoms with van der Waals surface area (Å²) >= 11 is 1.44. The van der Waals surface area contributed by atoms with E-state index in [9.17, 15) is 9.90 Å². The minimum atomic E-state index is -1.44. The molecule has 0 saturated heterocycles. The summed E-state index contributed by atoms with van der Waals surface area (Å²) in [6.45, 7) is 5.50. The summed E-state index contributed by atoms with van der Waals surface area (Å²) in [5.41, 5.74) is -0.252. The number of thioether (sulfide) groups is 1. The van der Waals surface area contributed by atoms with Gasteiger partial charge >= 0.3 is 5.97 Å². The van der Waals surface area contributed by atoms with E-state index in [0.717, 1.165) is 4.90 Å². The van der Waals surface area contributed by atoms with Crippen molar-refractivity contribution in [3.8, 4) is 0 Å². The summed E-state index contributed by atoms with van der Waals surface area (Å²) in [6, 6.07) is 7.95. The molecule has 0 heterocycles. The highest BCUT2D eigenvalue weighted by molar-refractivity contribution is 7.99.